The van der Waals surface area contributed by atoms with Crippen molar-refractivity contribution in [2.75, 3.05) is 0 Å². The largest absolute Gasteiger partial charge is 0.486 e. The third-order valence-electron chi connectivity index (χ3n) is 5.01. The second-order valence-corrected chi connectivity index (χ2v) is 10.2. The highest BCUT2D eigenvalue weighted by atomic mass is 35.5. The summed E-state index contributed by atoms with van der Waals surface area (Å²) in [7, 11) is 0. The number of ether oxygens (including phenoxy) is 1. The van der Waals surface area contributed by atoms with Gasteiger partial charge in [-0.3, -0.25) is 9.36 Å². The molecule has 0 saturated heterocycles. The van der Waals surface area contributed by atoms with Crippen molar-refractivity contribution in [1.82, 2.24) is 24.7 Å². The van der Waals surface area contributed by atoms with E-state index >= 15 is 0 Å². The van der Waals surface area contributed by atoms with Crippen LogP contribution in [0.3, 0.4) is 0 Å². The summed E-state index contributed by atoms with van der Waals surface area (Å²) in [5, 5.41) is 10.5. The van der Waals surface area contributed by atoms with Gasteiger partial charge in [0.1, 0.15) is 23.0 Å². The van der Waals surface area contributed by atoms with Gasteiger partial charge in [0.15, 0.2) is 11.0 Å². The number of nitrogens with zero attached hydrogens (tertiary/aromatic N) is 4. The van der Waals surface area contributed by atoms with E-state index in [-0.39, 0.29) is 17.4 Å². The molecule has 0 aliphatic rings. The van der Waals surface area contributed by atoms with E-state index in [0.29, 0.717) is 39.5 Å². The SMILES string of the molecule is C=CCn1c(COc2ccc(Cl)cc2)nnc1SC(C)c1nc2sc(C)c(C)c2c(=O)[nH]1. The molecule has 4 aromatic rings. The molecule has 7 nitrogen and oxygen atoms in total. The summed E-state index contributed by atoms with van der Waals surface area (Å²) in [4.78, 5) is 22.1. The second kappa shape index (κ2) is 9.48. The van der Waals surface area contributed by atoms with Crippen LogP contribution >= 0.6 is 34.7 Å². The molecule has 166 valence electrons. The van der Waals surface area contributed by atoms with Gasteiger partial charge in [-0.2, -0.15) is 0 Å². The molecule has 10 heteroatoms. The molecule has 4 rings (SSSR count). The number of aryl methyl sites for hydroxylation is 2. The molecule has 0 aliphatic heterocycles. The van der Waals surface area contributed by atoms with Gasteiger partial charge >= 0.3 is 0 Å². The van der Waals surface area contributed by atoms with Crippen molar-refractivity contribution in [2.45, 2.75) is 44.3 Å². The Bertz CT molecular complexity index is 1330. The summed E-state index contributed by atoms with van der Waals surface area (Å²) in [6.45, 7) is 10.6. The number of H-pyrrole nitrogens is 1. The summed E-state index contributed by atoms with van der Waals surface area (Å²) < 4.78 is 7.78. The molecule has 0 spiro atoms. The molecule has 0 aliphatic carbocycles. The summed E-state index contributed by atoms with van der Waals surface area (Å²) in [5.41, 5.74) is 0.880. The van der Waals surface area contributed by atoms with Crippen LogP contribution < -0.4 is 10.3 Å². The van der Waals surface area contributed by atoms with E-state index in [1.54, 1.807) is 30.3 Å². The lowest BCUT2D eigenvalue weighted by molar-refractivity contribution is 0.289. The number of aromatic nitrogens is 5. The summed E-state index contributed by atoms with van der Waals surface area (Å²) >= 11 is 8.94. The van der Waals surface area contributed by atoms with E-state index in [0.717, 1.165) is 15.3 Å². The van der Waals surface area contributed by atoms with Crippen LogP contribution in [0.1, 0.15) is 34.3 Å². The van der Waals surface area contributed by atoms with Gasteiger partial charge in [-0.05, 0) is 50.6 Å². The number of nitrogens with one attached hydrogen (secondary N) is 1. The zero-order valence-corrected chi connectivity index (χ0v) is 20.3. The third-order valence-corrected chi connectivity index (χ3v) is 7.45. The van der Waals surface area contributed by atoms with Crippen molar-refractivity contribution >= 4 is 44.9 Å². The molecule has 0 bridgehead atoms. The maximum Gasteiger partial charge on any atom is 0.259 e. The normalized spacial score (nSPS) is 12.2. The Labute approximate surface area is 198 Å². The molecular weight excluding hydrogens is 466 g/mol. The number of hydrogen-bond donors (Lipinski definition) is 1. The Balaban J connectivity index is 1.55. The molecule has 1 unspecified atom stereocenters. The van der Waals surface area contributed by atoms with E-state index < -0.39 is 0 Å². The highest BCUT2D eigenvalue weighted by molar-refractivity contribution is 7.99. The predicted octanol–water partition coefficient (Wildman–Crippen LogP) is 5.46. The molecule has 1 N–H and O–H groups in total. The molecule has 32 heavy (non-hydrogen) atoms. The monoisotopic (exact) mass is 487 g/mol. The average Bonchev–Trinajstić information content (AvgIpc) is 3.28. The Kier molecular flexibility index (Phi) is 6.68. The van der Waals surface area contributed by atoms with Crippen LogP contribution in [-0.4, -0.2) is 24.7 Å². The Morgan fingerprint density at radius 3 is 2.78 bits per heavy atom. The van der Waals surface area contributed by atoms with E-state index in [9.17, 15) is 4.79 Å². The second-order valence-electron chi connectivity index (χ2n) is 7.22. The lowest BCUT2D eigenvalue weighted by atomic mass is 10.2. The van der Waals surface area contributed by atoms with Crippen LogP contribution in [0, 0.1) is 13.8 Å². The minimum atomic E-state index is -0.132. The van der Waals surface area contributed by atoms with Crippen molar-refractivity contribution < 1.29 is 4.74 Å². The molecule has 0 fully saturated rings. The van der Waals surface area contributed by atoms with Gasteiger partial charge in [0.2, 0.25) is 0 Å². The lowest BCUT2D eigenvalue weighted by Gasteiger charge is -2.12. The fraction of sp³-hybridized carbons (Fsp3) is 0.273. The first-order chi connectivity index (χ1) is 15.4. The topological polar surface area (TPSA) is 85.7 Å². The van der Waals surface area contributed by atoms with Gasteiger partial charge in [0.05, 0.1) is 10.6 Å². The predicted molar refractivity (Wildman–Crippen MR) is 130 cm³/mol. The van der Waals surface area contributed by atoms with E-state index in [4.69, 9.17) is 21.3 Å². The van der Waals surface area contributed by atoms with Gasteiger partial charge in [-0.1, -0.05) is 29.4 Å². The van der Waals surface area contributed by atoms with Gasteiger partial charge < -0.3 is 9.72 Å². The molecule has 0 saturated carbocycles. The fourth-order valence-corrected chi connectivity index (χ4v) is 5.28. The first-order valence-electron chi connectivity index (χ1n) is 9.95. The molecule has 0 radical (unpaired) electrons. The number of thioether (sulfide) groups is 1. The number of rotatable bonds is 8. The van der Waals surface area contributed by atoms with Crippen LogP contribution in [0.4, 0.5) is 0 Å². The van der Waals surface area contributed by atoms with Crippen molar-refractivity contribution in [2.24, 2.45) is 0 Å². The number of thiophene rings is 1. The van der Waals surface area contributed by atoms with Crippen molar-refractivity contribution in [3.8, 4) is 5.75 Å². The molecule has 1 atom stereocenters. The quantitative estimate of drug-likeness (QED) is 0.262. The van der Waals surface area contributed by atoms with Crippen molar-refractivity contribution in [3.63, 3.8) is 0 Å². The molecule has 1 aromatic carbocycles. The number of fused-ring (bicyclic) bond motifs is 1. The van der Waals surface area contributed by atoms with Crippen molar-refractivity contribution in [3.05, 3.63) is 74.4 Å². The highest BCUT2D eigenvalue weighted by Gasteiger charge is 2.20. The Hall–Kier alpha value is -2.62. The summed E-state index contributed by atoms with van der Waals surface area (Å²) in [6, 6.07) is 7.16. The van der Waals surface area contributed by atoms with Gasteiger partial charge in [0, 0.05) is 16.4 Å². The summed E-state index contributed by atoms with van der Waals surface area (Å²) in [5.74, 6) is 1.98. The first-order valence-corrected chi connectivity index (χ1v) is 12.0. The van der Waals surface area contributed by atoms with Crippen molar-refractivity contribution in [1.29, 1.82) is 0 Å². The minimum absolute atomic E-state index is 0.107. The van der Waals surface area contributed by atoms with Crippen LogP contribution in [0.2, 0.25) is 5.02 Å². The number of hydrogen-bond acceptors (Lipinski definition) is 7. The number of halogens is 1. The smallest absolute Gasteiger partial charge is 0.259 e. The van der Waals surface area contributed by atoms with Crippen LogP contribution in [-0.2, 0) is 13.2 Å². The Morgan fingerprint density at radius 2 is 2.06 bits per heavy atom. The average molecular weight is 488 g/mol. The van der Waals surface area contributed by atoms with Gasteiger partial charge in [-0.15, -0.1) is 28.1 Å². The highest BCUT2D eigenvalue weighted by Crippen LogP contribution is 2.34. The lowest BCUT2D eigenvalue weighted by Crippen LogP contribution is -2.13. The zero-order valence-electron chi connectivity index (χ0n) is 17.9. The van der Waals surface area contributed by atoms with Gasteiger partial charge in [0.25, 0.3) is 5.56 Å². The maximum atomic E-state index is 12.6. The third kappa shape index (κ3) is 4.60. The molecule has 3 aromatic heterocycles. The van der Waals surface area contributed by atoms with Crippen LogP contribution in [0.15, 0.2) is 46.9 Å². The maximum absolute atomic E-state index is 12.6. The number of allylic oxidation sites excluding steroid dienone is 1. The standard InChI is InChI=1S/C22H22ClN5O2S2/c1-5-10-28-17(11-30-16-8-6-15(23)7-9-16)26-27-22(28)32-14(4)19-24-20(29)18-12(2)13(3)31-21(18)25-19/h5-9,14H,1,10-11H2,2-4H3,(H,24,25,29). The van der Waals surface area contributed by atoms with Gasteiger partial charge in [-0.25, -0.2) is 4.98 Å². The first kappa shape index (κ1) is 22.6. The number of aromatic amines is 1. The minimum Gasteiger partial charge on any atom is -0.486 e. The molecule has 3 heterocycles. The van der Waals surface area contributed by atoms with Crippen LogP contribution in [0.25, 0.3) is 10.2 Å². The van der Waals surface area contributed by atoms with E-state index in [1.165, 1.54) is 23.1 Å². The van der Waals surface area contributed by atoms with E-state index in [1.807, 2.05) is 25.3 Å². The molecular formula is C22H22ClN5O2S2. The van der Waals surface area contributed by atoms with Crippen LogP contribution in [0.5, 0.6) is 5.75 Å². The zero-order chi connectivity index (χ0) is 22.8. The Morgan fingerprint density at radius 1 is 1.31 bits per heavy atom. The molecule has 0 amide bonds. The fourth-order valence-electron chi connectivity index (χ4n) is 3.18. The van der Waals surface area contributed by atoms with E-state index in [2.05, 4.69) is 21.8 Å². The summed E-state index contributed by atoms with van der Waals surface area (Å²) in [6.07, 6.45) is 1.78. The number of benzene rings is 1.